The summed E-state index contributed by atoms with van der Waals surface area (Å²) in [7, 11) is 0. The van der Waals surface area contributed by atoms with Gasteiger partial charge in [-0.1, -0.05) is 42.0 Å². The zero-order valence-electron chi connectivity index (χ0n) is 13.5. The van der Waals surface area contributed by atoms with Crippen LogP contribution in [0.2, 0.25) is 0 Å². The number of alkyl halides is 3. The van der Waals surface area contributed by atoms with E-state index in [1.165, 1.54) is 12.1 Å². The molecule has 132 valence electrons. The Hall–Kier alpha value is -2.83. The van der Waals surface area contributed by atoms with Crippen molar-refractivity contribution in [2.45, 2.75) is 26.1 Å². The smallest absolute Gasteiger partial charge is 0.352 e. The van der Waals surface area contributed by atoms with Crippen LogP contribution in [0.1, 0.15) is 23.1 Å². The van der Waals surface area contributed by atoms with Gasteiger partial charge in [-0.15, -0.1) is 0 Å². The summed E-state index contributed by atoms with van der Waals surface area (Å²) in [6.07, 6.45) is -5.14. The van der Waals surface area contributed by atoms with E-state index in [2.05, 4.69) is 10.6 Å². The number of hydrogen-bond acceptors (Lipinski definition) is 2. The maximum absolute atomic E-state index is 12.9. The lowest BCUT2D eigenvalue weighted by Gasteiger charge is -2.13. The minimum absolute atomic E-state index is 0.242. The number of aryl methyl sites for hydroxylation is 1. The second-order valence-electron chi connectivity index (χ2n) is 5.53. The minimum atomic E-state index is -4.59. The Labute approximate surface area is 143 Å². The van der Waals surface area contributed by atoms with Crippen LogP contribution in [0.25, 0.3) is 0 Å². The maximum Gasteiger partial charge on any atom is 0.418 e. The molecule has 0 aliphatic heterocycles. The van der Waals surface area contributed by atoms with Crippen molar-refractivity contribution in [1.82, 2.24) is 5.32 Å². The number of anilines is 1. The highest BCUT2D eigenvalue weighted by atomic mass is 19.4. The van der Waals surface area contributed by atoms with Crippen molar-refractivity contribution in [1.29, 1.82) is 0 Å². The van der Waals surface area contributed by atoms with Crippen LogP contribution in [0.5, 0.6) is 0 Å². The zero-order valence-corrected chi connectivity index (χ0v) is 13.5. The van der Waals surface area contributed by atoms with Gasteiger partial charge in [0.15, 0.2) is 0 Å². The number of amides is 2. The Balaban J connectivity index is 1.90. The summed E-state index contributed by atoms with van der Waals surface area (Å²) in [5.41, 5.74) is 0.620. The number of para-hydroxylation sites is 1. The third kappa shape index (κ3) is 5.63. The molecule has 25 heavy (non-hydrogen) atoms. The predicted octanol–water partition coefficient (Wildman–Crippen LogP) is 3.66. The highest BCUT2D eigenvalue weighted by Gasteiger charge is 2.33. The molecule has 2 amide bonds. The van der Waals surface area contributed by atoms with Crippen molar-refractivity contribution in [3.8, 4) is 0 Å². The summed E-state index contributed by atoms with van der Waals surface area (Å²) in [6, 6.07) is 12.1. The SMILES string of the molecule is Cc1ccc(CNC(=O)CC(=O)Nc2ccccc2C(F)(F)F)cc1. The fraction of sp³-hybridized carbons (Fsp3) is 0.222. The molecule has 0 bridgehead atoms. The van der Waals surface area contributed by atoms with Crippen molar-refractivity contribution < 1.29 is 22.8 Å². The number of halogens is 3. The third-order valence-corrected chi connectivity index (χ3v) is 3.44. The number of nitrogens with one attached hydrogen (secondary N) is 2. The molecule has 0 aliphatic rings. The van der Waals surface area contributed by atoms with Gasteiger partial charge in [-0.25, -0.2) is 0 Å². The quantitative estimate of drug-likeness (QED) is 0.809. The van der Waals surface area contributed by atoms with E-state index in [0.29, 0.717) is 0 Å². The Kier molecular flexibility index (Phi) is 5.80. The highest BCUT2D eigenvalue weighted by Crippen LogP contribution is 2.34. The lowest BCUT2D eigenvalue weighted by atomic mass is 10.1. The summed E-state index contributed by atoms with van der Waals surface area (Å²) >= 11 is 0. The van der Waals surface area contributed by atoms with Gasteiger partial charge in [-0.3, -0.25) is 9.59 Å². The van der Waals surface area contributed by atoms with Crippen molar-refractivity contribution in [2.24, 2.45) is 0 Å². The van der Waals surface area contributed by atoms with E-state index in [1.54, 1.807) is 0 Å². The van der Waals surface area contributed by atoms with E-state index in [0.717, 1.165) is 23.3 Å². The van der Waals surface area contributed by atoms with Gasteiger partial charge in [0.1, 0.15) is 6.42 Å². The summed E-state index contributed by atoms with van der Waals surface area (Å²) in [5, 5.41) is 4.69. The van der Waals surface area contributed by atoms with Gasteiger partial charge in [0.2, 0.25) is 11.8 Å². The van der Waals surface area contributed by atoms with E-state index in [1.807, 2.05) is 31.2 Å². The topological polar surface area (TPSA) is 58.2 Å². The van der Waals surface area contributed by atoms with Gasteiger partial charge >= 0.3 is 6.18 Å². The first kappa shape index (κ1) is 18.5. The normalized spacial score (nSPS) is 11.0. The van der Waals surface area contributed by atoms with Gasteiger partial charge in [0.05, 0.1) is 11.3 Å². The highest BCUT2D eigenvalue weighted by molar-refractivity contribution is 6.03. The van der Waals surface area contributed by atoms with Crippen LogP contribution >= 0.6 is 0 Å². The molecule has 0 unspecified atom stereocenters. The Morgan fingerprint density at radius 2 is 1.60 bits per heavy atom. The van der Waals surface area contributed by atoms with E-state index >= 15 is 0 Å². The molecule has 0 saturated heterocycles. The van der Waals surface area contributed by atoms with Crippen molar-refractivity contribution in [2.75, 3.05) is 5.32 Å². The monoisotopic (exact) mass is 350 g/mol. The predicted molar refractivity (Wildman–Crippen MR) is 87.7 cm³/mol. The summed E-state index contributed by atoms with van der Waals surface area (Å²) in [4.78, 5) is 23.6. The molecule has 2 N–H and O–H groups in total. The fourth-order valence-corrected chi connectivity index (χ4v) is 2.15. The van der Waals surface area contributed by atoms with Gasteiger partial charge in [-0.2, -0.15) is 13.2 Å². The lowest BCUT2D eigenvalue weighted by molar-refractivity contribution is -0.137. The van der Waals surface area contributed by atoms with E-state index in [9.17, 15) is 22.8 Å². The first-order chi connectivity index (χ1) is 11.8. The molecule has 0 heterocycles. The molecule has 4 nitrogen and oxygen atoms in total. The molecule has 2 aromatic carbocycles. The number of carbonyl (C=O) groups is 2. The van der Waals surface area contributed by atoms with Gasteiger partial charge in [0.25, 0.3) is 0 Å². The first-order valence-corrected chi connectivity index (χ1v) is 7.54. The second-order valence-corrected chi connectivity index (χ2v) is 5.53. The van der Waals surface area contributed by atoms with Crippen LogP contribution in [0.15, 0.2) is 48.5 Å². The van der Waals surface area contributed by atoms with Gasteiger partial charge in [0, 0.05) is 6.54 Å². The number of hydrogen-bond donors (Lipinski definition) is 2. The van der Waals surface area contributed by atoms with Crippen molar-refractivity contribution in [3.05, 3.63) is 65.2 Å². The van der Waals surface area contributed by atoms with Crippen LogP contribution < -0.4 is 10.6 Å². The average molecular weight is 350 g/mol. The Morgan fingerprint density at radius 1 is 0.960 bits per heavy atom. The summed E-state index contributed by atoms with van der Waals surface area (Å²) in [6.45, 7) is 2.18. The largest absolute Gasteiger partial charge is 0.418 e. The lowest BCUT2D eigenvalue weighted by Crippen LogP contribution is -2.28. The Morgan fingerprint density at radius 3 is 2.24 bits per heavy atom. The molecule has 0 atom stereocenters. The molecule has 2 aromatic rings. The van der Waals surface area contributed by atoms with Gasteiger partial charge < -0.3 is 10.6 Å². The van der Waals surface area contributed by atoms with E-state index < -0.39 is 30.0 Å². The first-order valence-electron chi connectivity index (χ1n) is 7.54. The van der Waals surface area contributed by atoms with Crippen LogP contribution in [0.4, 0.5) is 18.9 Å². The van der Waals surface area contributed by atoms with Gasteiger partial charge in [-0.05, 0) is 24.6 Å². The van der Waals surface area contributed by atoms with E-state index in [4.69, 9.17) is 0 Å². The van der Waals surface area contributed by atoms with Crippen LogP contribution in [0.3, 0.4) is 0 Å². The molecule has 7 heteroatoms. The molecule has 0 aliphatic carbocycles. The zero-order chi connectivity index (χ0) is 18.4. The minimum Gasteiger partial charge on any atom is -0.352 e. The maximum atomic E-state index is 12.9. The standard InChI is InChI=1S/C18H17F3N2O2/c1-12-6-8-13(9-7-12)11-22-16(24)10-17(25)23-15-5-3-2-4-14(15)18(19,20)21/h2-9H,10-11H2,1H3,(H,22,24)(H,23,25). The summed E-state index contributed by atoms with van der Waals surface area (Å²) < 4.78 is 38.6. The van der Waals surface area contributed by atoms with Crippen LogP contribution in [-0.2, 0) is 22.3 Å². The number of rotatable bonds is 5. The third-order valence-electron chi connectivity index (χ3n) is 3.44. The molecular weight excluding hydrogens is 333 g/mol. The van der Waals surface area contributed by atoms with Crippen molar-refractivity contribution >= 4 is 17.5 Å². The molecule has 0 fully saturated rings. The Bertz CT molecular complexity index is 756. The average Bonchev–Trinajstić information content (AvgIpc) is 2.53. The molecule has 0 radical (unpaired) electrons. The molecule has 0 saturated carbocycles. The summed E-state index contributed by atoms with van der Waals surface area (Å²) in [5.74, 6) is -1.37. The van der Waals surface area contributed by atoms with Crippen molar-refractivity contribution in [3.63, 3.8) is 0 Å². The number of benzene rings is 2. The molecule has 2 rings (SSSR count). The van der Waals surface area contributed by atoms with Crippen LogP contribution in [0, 0.1) is 6.92 Å². The molecular formula is C18H17F3N2O2. The second kappa shape index (κ2) is 7.83. The van der Waals surface area contributed by atoms with E-state index in [-0.39, 0.29) is 12.2 Å². The van der Waals surface area contributed by atoms with Crippen LogP contribution in [-0.4, -0.2) is 11.8 Å². The fourth-order valence-electron chi connectivity index (χ4n) is 2.15. The number of carbonyl (C=O) groups excluding carboxylic acids is 2. The molecule has 0 spiro atoms. The molecule has 0 aromatic heterocycles.